The highest BCUT2D eigenvalue weighted by Crippen LogP contribution is 2.12. The minimum absolute atomic E-state index is 0.0627. The maximum absolute atomic E-state index is 11.5. The normalized spacial score (nSPS) is 9.76. The van der Waals surface area contributed by atoms with Crippen LogP contribution in [-0.2, 0) is 20.9 Å². The van der Waals surface area contributed by atoms with Gasteiger partial charge >= 0.3 is 12.1 Å². The predicted octanol–water partition coefficient (Wildman–Crippen LogP) is 2.04. The summed E-state index contributed by atoms with van der Waals surface area (Å²) in [7, 11) is 0. The van der Waals surface area contributed by atoms with Crippen LogP contribution in [0, 0.1) is 0 Å². The minimum atomic E-state index is -0.609. The lowest BCUT2D eigenvalue weighted by Crippen LogP contribution is -2.30. The number of rotatable bonds is 8. The molecule has 0 unspecified atom stereocenters. The summed E-state index contributed by atoms with van der Waals surface area (Å²) in [5.74, 6) is -0.106. The van der Waals surface area contributed by atoms with E-state index in [-0.39, 0.29) is 13.2 Å². The second kappa shape index (κ2) is 9.55. The van der Waals surface area contributed by atoms with Crippen LogP contribution in [0.15, 0.2) is 36.9 Å². The van der Waals surface area contributed by atoms with Gasteiger partial charge in [-0.25, -0.2) is 9.59 Å². The molecule has 21 heavy (non-hydrogen) atoms. The molecule has 6 nitrogen and oxygen atoms in total. The van der Waals surface area contributed by atoms with Gasteiger partial charge in [0.15, 0.2) is 0 Å². The third kappa shape index (κ3) is 7.12. The first-order valence-corrected chi connectivity index (χ1v) is 6.57. The zero-order valence-electron chi connectivity index (χ0n) is 12.0. The molecule has 1 N–H and O–H groups in total. The molecule has 1 rings (SSSR count). The number of benzene rings is 1. The topological polar surface area (TPSA) is 73.9 Å². The van der Waals surface area contributed by atoms with Gasteiger partial charge in [0.05, 0.1) is 13.2 Å². The van der Waals surface area contributed by atoms with Crippen LogP contribution in [-0.4, -0.2) is 31.8 Å². The molecule has 0 atom stereocenters. The van der Waals surface area contributed by atoms with Gasteiger partial charge in [-0.3, -0.25) is 0 Å². The van der Waals surface area contributed by atoms with Crippen molar-refractivity contribution in [1.29, 1.82) is 0 Å². The van der Waals surface area contributed by atoms with Crippen molar-refractivity contribution in [3.8, 4) is 5.75 Å². The van der Waals surface area contributed by atoms with Crippen LogP contribution in [0.1, 0.15) is 12.5 Å². The number of carbonyl (C=O) groups excluding carboxylic acids is 2. The van der Waals surface area contributed by atoms with E-state index in [0.717, 1.165) is 11.6 Å². The van der Waals surface area contributed by atoms with Crippen molar-refractivity contribution in [3.63, 3.8) is 0 Å². The molecule has 1 aromatic rings. The van der Waals surface area contributed by atoms with Crippen molar-refractivity contribution in [2.45, 2.75) is 13.5 Å². The second-order valence-electron chi connectivity index (χ2n) is 3.97. The van der Waals surface area contributed by atoms with Gasteiger partial charge in [-0.15, -0.1) is 0 Å². The molecule has 6 heteroatoms. The molecule has 0 bridgehead atoms. The second-order valence-corrected chi connectivity index (χ2v) is 3.97. The Morgan fingerprint density at radius 2 is 2.00 bits per heavy atom. The van der Waals surface area contributed by atoms with Gasteiger partial charge in [-0.05, 0) is 24.6 Å². The molecule has 0 heterocycles. The lowest BCUT2D eigenvalue weighted by atomic mass is 10.2. The molecule has 0 saturated carbocycles. The van der Waals surface area contributed by atoms with Gasteiger partial charge in [0.1, 0.15) is 12.4 Å². The maximum atomic E-state index is 11.5. The van der Waals surface area contributed by atoms with Gasteiger partial charge in [0.25, 0.3) is 0 Å². The van der Waals surface area contributed by atoms with Crippen LogP contribution >= 0.6 is 0 Å². The summed E-state index contributed by atoms with van der Waals surface area (Å²) in [6, 6.07) is 7.02. The third-order valence-electron chi connectivity index (χ3n) is 2.39. The van der Waals surface area contributed by atoms with E-state index < -0.39 is 12.1 Å². The molecule has 0 saturated heterocycles. The van der Waals surface area contributed by atoms with Crippen molar-refractivity contribution in [3.05, 3.63) is 42.5 Å². The molecule has 0 aliphatic heterocycles. The number of amides is 1. The van der Waals surface area contributed by atoms with Crippen molar-refractivity contribution < 1.29 is 23.8 Å². The molecule has 0 fully saturated rings. The van der Waals surface area contributed by atoms with E-state index in [1.807, 2.05) is 19.1 Å². The number of hydrogen-bond acceptors (Lipinski definition) is 5. The summed E-state index contributed by atoms with van der Waals surface area (Å²) in [5.41, 5.74) is 1.00. The highest BCUT2D eigenvalue weighted by Gasteiger charge is 2.04. The van der Waals surface area contributed by atoms with Gasteiger partial charge < -0.3 is 19.5 Å². The Balaban J connectivity index is 2.27. The van der Waals surface area contributed by atoms with Crippen LogP contribution in [0.25, 0.3) is 0 Å². The van der Waals surface area contributed by atoms with E-state index >= 15 is 0 Å². The standard InChI is InChI=1S/C15H19NO5/c1-3-14(17)20-10-9-16-15(18)21-13-7-5-12(6-8-13)11-19-4-2/h3,5-8H,1,4,9-11H2,2H3,(H,16,18). The lowest BCUT2D eigenvalue weighted by Gasteiger charge is -2.07. The number of hydrogen-bond donors (Lipinski definition) is 1. The summed E-state index contributed by atoms with van der Waals surface area (Å²) < 4.78 is 15.0. The van der Waals surface area contributed by atoms with Crippen molar-refractivity contribution in [1.82, 2.24) is 5.32 Å². The quantitative estimate of drug-likeness (QED) is 0.451. The van der Waals surface area contributed by atoms with Crippen LogP contribution in [0.2, 0.25) is 0 Å². The van der Waals surface area contributed by atoms with Crippen molar-refractivity contribution in [2.75, 3.05) is 19.8 Å². The summed E-state index contributed by atoms with van der Waals surface area (Å²) in [4.78, 5) is 22.2. The number of carbonyl (C=O) groups is 2. The molecule has 0 aromatic heterocycles. The third-order valence-corrected chi connectivity index (χ3v) is 2.39. The number of ether oxygens (including phenoxy) is 3. The van der Waals surface area contributed by atoms with E-state index in [2.05, 4.69) is 11.9 Å². The number of nitrogens with one attached hydrogen (secondary N) is 1. The Morgan fingerprint density at radius 3 is 2.62 bits per heavy atom. The van der Waals surface area contributed by atoms with E-state index in [9.17, 15) is 9.59 Å². The molecule has 1 amide bonds. The van der Waals surface area contributed by atoms with E-state index in [1.54, 1.807) is 12.1 Å². The Kier molecular flexibility index (Phi) is 7.60. The smallest absolute Gasteiger partial charge is 0.412 e. The fourth-order valence-corrected chi connectivity index (χ4v) is 1.38. The van der Waals surface area contributed by atoms with Crippen LogP contribution in [0.4, 0.5) is 4.79 Å². The van der Waals surface area contributed by atoms with E-state index in [4.69, 9.17) is 14.2 Å². The number of esters is 1. The van der Waals surface area contributed by atoms with Crippen molar-refractivity contribution in [2.24, 2.45) is 0 Å². The largest absolute Gasteiger partial charge is 0.461 e. The van der Waals surface area contributed by atoms with Gasteiger partial charge in [0.2, 0.25) is 0 Å². The first-order chi connectivity index (χ1) is 10.2. The Morgan fingerprint density at radius 1 is 1.29 bits per heavy atom. The van der Waals surface area contributed by atoms with Crippen LogP contribution in [0.5, 0.6) is 5.75 Å². The van der Waals surface area contributed by atoms with Crippen LogP contribution < -0.4 is 10.1 Å². The first kappa shape index (κ1) is 16.7. The first-order valence-electron chi connectivity index (χ1n) is 6.57. The molecule has 0 aliphatic carbocycles. The fraction of sp³-hybridized carbons (Fsp3) is 0.333. The summed E-state index contributed by atoms with van der Waals surface area (Å²) in [6.07, 6.45) is 0.449. The Hall–Kier alpha value is -2.34. The minimum Gasteiger partial charge on any atom is -0.461 e. The summed E-state index contributed by atoms with van der Waals surface area (Å²) in [6.45, 7) is 6.59. The molecule has 0 radical (unpaired) electrons. The monoisotopic (exact) mass is 293 g/mol. The SMILES string of the molecule is C=CC(=O)OCCNC(=O)Oc1ccc(COCC)cc1. The molecule has 0 spiro atoms. The molecular formula is C15H19NO5. The van der Waals surface area contributed by atoms with Crippen LogP contribution in [0.3, 0.4) is 0 Å². The summed E-state index contributed by atoms with van der Waals surface area (Å²) in [5, 5.41) is 2.46. The average Bonchev–Trinajstić information content (AvgIpc) is 2.50. The zero-order valence-corrected chi connectivity index (χ0v) is 12.0. The molecule has 1 aromatic carbocycles. The molecule has 114 valence electrons. The predicted molar refractivity (Wildman–Crippen MR) is 77.0 cm³/mol. The molecular weight excluding hydrogens is 274 g/mol. The van der Waals surface area contributed by atoms with E-state index in [1.165, 1.54) is 0 Å². The zero-order chi connectivity index (χ0) is 15.5. The summed E-state index contributed by atoms with van der Waals surface area (Å²) >= 11 is 0. The average molecular weight is 293 g/mol. The highest BCUT2D eigenvalue weighted by molar-refractivity contribution is 5.81. The van der Waals surface area contributed by atoms with E-state index in [0.29, 0.717) is 19.0 Å². The Labute approximate surface area is 123 Å². The van der Waals surface area contributed by atoms with Gasteiger partial charge in [0, 0.05) is 12.7 Å². The van der Waals surface area contributed by atoms with Gasteiger partial charge in [-0.1, -0.05) is 18.7 Å². The lowest BCUT2D eigenvalue weighted by molar-refractivity contribution is -0.137. The Bertz CT molecular complexity index is 469. The van der Waals surface area contributed by atoms with Gasteiger partial charge in [-0.2, -0.15) is 0 Å². The fourth-order valence-electron chi connectivity index (χ4n) is 1.38. The van der Waals surface area contributed by atoms with Crippen molar-refractivity contribution >= 4 is 12.1 Å². The maximum Gasteiger partial charge on any atom is 0.412 e. The highest BCUT2D eigenvalue weighted by atomic mass is 16.6. The molecule has 0 aliphatic rings.